The van der Waals surface area contributed by atoms with E-state index in [9.17, 15) is 4.79 Å². The van der Waals surface area contributed by atoms with Gasteiger partial charge < -0.3 is 9.64 Å². The molecule has 4 aromatic carbocycles. The predicted octanol–water partition coefficient (Wildman–Crippen LogP) is 7.08. The van der Waals surface area contributed by atoms with Gasteiger partial charge in [0.15, 0.2) is 12.7 Å². The topological polar surface area (TPSA) is 40.7 Å². The van der Waals surface area contributed by atoms with Crippen LogP contribution in [0.2, 0.25) is 0 Å². The van der Waals surface area contributed by atoms with E-state index in [4.69, 9.17) is 4.74 Å². The molecule has 0 fully saturated rings. The fraction of sp³-hybridized carbons (Fsp3) is 0.0556. The number of ether oxygens (including phenoxy) is 1. The van der Waals surface area contributed by atoms with Gasteiger partial charge in [-0.15, -0.1) is 5.01 Å². The Morgan fingerprint density at radius 3 is 2.17 bits per heavy atom. The van der Waals surface area contributed by atoms with Crippen molar-refractivity contribution >= 4 is 39.3 Å². The number of hydrazone groups is 1. The van der Waals surface area contributed by atoms with E-state index in [1.807, 2.05) is 110 Å². The molecule has 0 aliphatic carbocycles. The lowest BCUT2D eigenvalue weighted by atomic mass is 10.00. The molecule has 7 rings (SSSR count). The van der Waals surface area contributed by atoms with Crippen molar-refractivity contribution in [2.24, 2.45) is 0 Å². The molecular weight excluding hydrogens is 520 g/mol. The Balaban J connectivity index is 1.43. The maximum absolute atomic E-state index is 14.0. The van der Waals surface area contributed by atoms with Crippen LogP contribution in [0, 0.1) is 0 Å². The minimum absolute atomic E-state index is 0.133. The van der Waals surface area contributed by atoms with E-state index in [0.29, 0.717) is 17.2 Å². The molecule has 2 aliphatic heterocycles. The number of pyridine rings is 1. The summed E-state index contributed by atoms with van der Waals surface area (Å²) in [5.74, 6) is 1.04. The van der Waals surface area contributed by atoms with Crippen molar-refractivity contribution in [2.45, 2.75) is 0 Å². The van der Waals surface area contributed by atoms with Crippen LogP contribution in [-0.2, 0) is 0 Å². The van der Waals surface area contributed by atoms with Gasteiger partial charge in [0.1, 0.15) is 5.69 Å². The molecule has 0 saturated heterocycles. The second kappa shape index (κ2) is 10.4. The third kappa shape index (κ3) is 4.21. The number of hydrazine groups is 1. The summed E-state index contributed by atoms with van der Waals surface area (Å²) < 4.78 is 10.3. The number of benzene rings is 4. The van der Waals surface area contributed by atoms with Crippen molar-refractivity contribution in [1.29, 1.82) is 0 Å². The first-order chi connectivity index (χ1) is 20.6. The Morgan fingerprint density at radius 2 is 1.40 bits per heavy atom. The summed E-state index contributed by atoms with van der Waals surface area (Å²) >= 11 is 0. The highest BCUT2D eigenvalue weighted by Crippen LogP contribution is 2.42. The number of allylic oxidation sites excluding steroid dienone is 4. The molecule has 0 bridgehead atoms. The third-order valence-corrected chi connectivity index (χ3v) is 7.66. The number of aromatic nitrogens is 1. The maximum atomic E-state index is 14.0. The quantitative estimate of drug-likeness (QED) is 0.225. The number of anilines is 3. The van der Waals surface area contributed by atoms with E-state index in [2.05, 4.69) is 58.6 Å². The second-order valence-electron chi connectivity index (χ2n) is 10.2. The van der Waals surface area contributed by atoms with Crippen LogP contribution >= 0.6 is 0 Å². The minimum Gasteiger partial charge on any atom is -0.383 e. The van der Waals surface area contributed by atoms with Gasteiger partial charge >= 0.3 is 5.90 Å². The molecule has 42 heavy (non-hydrogen) atoms. The van der Waals surface area contributed by atoms with Crippen LogP contribution in [0.5, 0.6) is 5.88 Å². The Bertz CT molecular complexity index is 2000. The second-order valence-corrected chi connectivity index (χ2v) is 10.2. The zero-order valence-electron chi connectivity index (χ0n) is 23.4. The molecule has 3 heterocycles. The molecule has 0 spiro atoms. The number of hydrogen-bond donors (Lipinski definition) is 0. The smallest absolute Gasteiger partial charge is 0.383 e. The molecule has 0 amide bonds. The maximum Gasteiger partial charge on any atom is 0.398 e. The van der Waals surface area contributed by atoms with E-state index in [1.165, 1.54) is 0 Å². The van der Waals surface area contributed by atoms with Crippen molar-refractivity contribution in [1.82, 2.24) is 4.57 Å². The van der Waals surface area contributed by atoms with Crippen molar-refractivity contribution in [3.8, 4) is 11.6 Å². The van der Waals surface area contributed by atoms with Crippen LogP contribution in [0.15, 0.2) is 144 Å². The van der Waals surface area contributed by atoms with Gasteiger partial charge in [0.25, 0.3) is 5.56 Å². The van der Waals surface area contributed by atoms with Gasteiger partial charge in [0, 0.05) is 29.9 Å². The summed E-state index contributed by atoms with van der Waals surface area (Å²) in [6.07, 6.45) is 10.2. The lowest BCUT2D eigenvalue weighted by Gasteiger charge is -2.29. The van der Waals surface area contributed by atoms with Gasteiger partial charge in [-0.25, -0.2) is 4.57 Å². The molecule has 5 aromatic rings. The summed E-state index contributed by atoms with van der Waals surface area (Å²) in [4.78, 5) is 16.1. The summed E-state index contributed by atoms with van der Waals surface area (Å²) in [6, 6.07) is 35.8. The molecule has 1 aromatic heterocycles. The average Bonchev–Trinajstić information content (AvgIpc) is 3.04. The molecule has 0 saturated carbocycles. The van der Waals surface area contributed by atoms with Crippen LogP contribution in [-0.4, -0.2) is 29.2 Å². The van der Waals surface area contributed by atoms with Crippen LogP contribution < -0.4 is 20.2 Å². The van der Waals surface area contributed by atoms with Crippen molar-refractivity contribution < 1.29 is 9.42 Å². The highest BCUT2D eigenvalue weighted by molar-refractivity contribution is 6.01. The summed E-state index contributed by atoms with van der Waals surface area (Å²) in [5, 5.41) is 3.55. The number of para-hydroxylation sites is 3. The Kier molecular flexibility index (Phi) is 6.28. The first kappa shape index (κ1) is 25.4. The van der Waals surface area contributed by atoms with Gasteiger partial charge in [-0.1, -0.05) is 89.6 Å². The zero-order chi connectivity index (χ0) is 28.6. The van der Waals surface area contributed by atoms with Crippen LogP contribution in [0.1, 0.15) is 5.56 Å². The summed E-state index contributed by atoms with van der Waals surface area (Å²) in [7, 11) is 4.02. The predicted molar refractivity (Wildman–Crippen MR) is 171 cm³/mol. The number of fused-ring (bicyclic) bond motifs is 4. The van der Waals surface area contributed by atoms with Crippen molar-refractivity contribution in [3.05, 3.63) is 156 Å². The molecule has 6 nitrogen and oxygen atoms in total. The molecule has 0 atom stereocenters. The minimum atomic E-state index is -0.133. The van der Waals surface area contributed by atoms with Crippen molar-refractivity contribution in [2.75, 3.05) is 24.0 Å². The highest BCUT2D eigenvalue weighted by Gasteiger charge is 2.37. The van der Waals surface area contributed by atoms with Crippen LogP contribution in [0.4, 0.5) is 17.1 Å². The first-order valence-corrected chi connectivity index (χ1v) is 13.9. The van der Waals surface area contributed by atoms with Crippen LogP contribution in [0.25, 0.3) is 22.0 Å². The van der Waals surface area contributed by atoms with Crippen molar-refractivity contribution in [3.63, 3.8) is 0 Å². The van der Waals surface area contributed by atoms with E-state index in [1.54, 1.807) is 4.57 Å². The zero-order valence-corrected chi connectivity index (χ0v) is 23.4. The molecule has 0 N–H and O–H groups in total. The van der Waals surface area contributed by atoms with Gasteiger partial charge in [0.2, 0.25) is 5.88 Å². The lowest BCUT2D eigenvalue weighted by Crippen LogP contribution is -2.41. The van der Waals surface area contributed by atoms with Gasteiger partial charge in [-0.05, 0) is 48.0 Å². The molecular formula is C36H29N4O2+. The fourth-order valence-electron chi connectivity index (χ4n) is 5.61. The number of hydrogen-bond acceptors (Lipinski definition) is 4. The normalized spacial score (nSPS) is 15.3. The Hall–Kier alpha value is -5.62. The van der Waals surface area contributed by atoms with E-state index in [0.717, 1.165) is 39.3 Å². The van der Waals surface area contributed by atoms with Gasteiger partial charge in [0.05, 0.1) is 17.1 Å². The summed E-state index contributed by atoms with van der Waals surface area (Å²) in [5.41, 5.74) is 5.77. The Morgan fingerprint density at radius 1 is 0.762 bits per heavy atom. The van der Waals surface area contributed by atoms with Gasteiger partial charge in [-0.2, -0.15) is 0 Å². The van der Waals surface area contributed by atoms with Gasteiger partial charge in [-0.3, -0.25) is 4.79 Å². The standard InChI is InChI=1S/C36H29N4O2/c1-37-25-24-26(29-19-11-12-22-32(29)37)14-13-23-33-38(2)40(28-17-7-4-8-18-28)34-30-20-9-10-21-31(30)35(41)39(36(34)42-33)27-15-5-3-6-16-27/h3-25H,1-2H3/q+1. The van der Waals surface area contributed by atoms with E-state index < -0.39 is 0 Å². The monoisotopic (exact) mass is 549 g/mol. The largest absolute Gasteiger partial charge is 0.398 e. The number of rotatable bonds is 4. The molecule has 204 valence electrons. The summed E-state index contributed by atoms with van der Waals surface area (Å²) in [6.45, 7) is 0. The molecule has 6 heteroatoms. The van der Waals surface area contributed by atoms with E-state index in [-0.39, 0.29) is 5.56 Å². The fourth-order valence-corrected chi connectivity index (χ4v) is 5.61. The highest BCUT2D eigenvalue weighted by atomic mass is 16.5. The first-order valence-electron chi connectivity index (χ1n) is 13.9. The Labute approximate surface area is 244 Å². The molecule has 2 aliphatic rings. The molecule has 0 radical (unpaired) electrons. The SMILES string of the molecule is CN1C=C/C(=C\C=C\C2=[N+](C)N(c3ccccc3)c3c(n(-c4ccccc4)c(=O)c4ccccc34)O2)c2ccccc21. The lowest BCUT2D eigenvalue weighted by molar-refractivity contribution is -0.509. The van der Waals surface area contributed by atoms with E-state index >= 15 is 0 Å². The number of nitrogens with zero attached hydrogens (tertiary/aromatic N) is 4. The van der Waals surface area contributed by atoms with Crippen LogP contribution in [0.3, 0.4) is 0 Å². The molecule has 0 unspecified atom stereocenters. The third-order valence-electron chi connectivity index (χ3n) is 7.66. The average molecular weight is 550 g/mol.